The molecule has 0 aliphatic heterocycles. The minimum Gasteiger partial charge on any atom is -0.426 e. The highest BCUT2D eigenvalue weighted by Crippen LogP contribution is 2.18. The molecule has 0 saturated heterocycles. The summed E-state index contributed by atoms with van der Waals surface area (Å²) in [6, 6.07) is 12.7. The van der Waals surface area contributed by atoms with Crippen molar-refractivity contribution >= 4 is 27.6 Å². The van der Waals surface area contributed by atoms with E-state index >= 15 is 0 Å². The fourth-order valence-electron chi connectivity index (χ4n) is 1.90. The normalized spacial score (nSPS) is 11.5. The third-order valence-electron chi connectivity index (χ3n) is 3.09. The quantitative estimate of drug-likeness (QED) is 0.612. The summed E-state index contributed by atoms with van der Waals surface area (Å²) >= 11 is 5.75. The molecule has 0 bridgehead atoms. The lowest BCUT2D eigenvalue weighted by atomic mass is 10.2. The Bertz CT molecular complexity index is 803. The number of sulfonamides is 1. The van der Waals surface area contributed by atoms with Crippen LogP contribution in [0.2, 0.25) is 5.02 Å². The van der Waals surface area contributed by atoms with Gasteiger partial charge in [-0.1, -0.05) is 23.7 Å². The van der Waals surface area contributed by atoms with Crippen molar-refractivity contribution in [3.63, 3.8) is 0 Å². The van der Waals surface area contributed by atoms with Gasteiger partial charge in [0.1, 0.15) is 12.3 Å². The zero-order chi connectivity index (χ0) is 17.0. The highest BCUT2D eigenvalue weighted by atomic mass is 35.5. The van der Waals surface area contributed by atoms with Crippen LogP contribution in [0.5, 0.6) is 5.75 Å². The van der Waals surface area contributed by atoms with E-state index in [1.54, 1.807) is 18.2 Å². The summed E-state index contributed by atoms with van der Waals surface area (Å²) in [5.41, 5.74) is 0.942. The fraction of sp³-hybridized carbons (Fsp3) is 0.188. The van der Waals surface area contributed by atoms with Crippen LogP contribution in [-0.2, 0) is 14.8 Å². The summed E-state index contributed by atoms with van der Waals surface area (Å²) < 4.78 is 30.8. The predicted octanol–water partition coefficient (Wildman–Crippen LogP) is 2.87. The molecule has 0 spiro atoms. The average molecular weight is 354 g/mol. The Morgan fingerprint density at radius 1 is 1.17 bits per heavy atom. The molecule has 23 heavy (non-hydrogen) atoms. The molecule has 0 amide bonds. The van der Waals surface area contributed by atoms with Crippen molar-refractivity contribution in [1.82, 2.24) is 4.31 Å². The second-order valence-corrected chi connectivity index (χ2v) is 7.49. The van der Waals surface area contributed by atoms with Gasteiger partial charge in [-0.3, -0.25) is 4.79 Å². The van der Waals surface area contributed by atoms with E-state index in [0.717, 1.165) is 9.87 Å². The molecule has 5 nitrogen and oxygen atoms in total. The fourth-order valence-corrected chi connectivity index (χ4v) is 3.14. The number of esters is 1. The van der Waals surface area contributed by atoms with Crippen LogP contribution >= 0.6 is 11.6 Å². The molecule has 2 aromatic carbocycles. The molecule has 0 aliphatic rings. The molecule has 0 aliphatic carbocycles. The standard InChI is InChI=1S/C16H16ClNO4S/c1-12-4-3-5-14(10-12)22-16(19)11-18(2)23(20,21)15-8-6-13(17)7-9-15/h3-10H,11H2,1-2H3. The van der Waals surface area contributed by atoms with Crippen molar-refractivity contribution in [2.75, 3.05) is 13.6 Å². The minimum absolute atomic E-state index is 0.0627. The first-order chi connectivity index (χ1) is 10.8. The van der Waals surface area contributed by atoms with Gasteiger partial charge in [-0.05, 0) is 48.9 Å². The molecular weight excluding hydrogens is 338 g/mol. The van der Waals surface area contributed by atoms with Gasteiger partial charge < -0.3 is 4.74 Å². The van der Waals surface area contributed by atoms with E-state index in [0.29, 0.717) is 10.8 Å². The van der Waals surface area contributed by atoms with E-state index in [4.69, 9.17) is 16.3 Å². The van der Waals surface area contributed by atoms with Gasteiger partial charge in [0.05, 0.1) is 4.90 Å². The van der Waals surface area contributed by atoms with Gasteiger partial charge in [0, 0.05) is 12.1 Å². The van der Waals surface area contributed by atoms with Crippen molar-refractivity contribution in [2.24, 2.45) is 0 Å². The summed E-state index contributed by atoms with van der Waals surface area (Å²) in [6.07, 6.45) is 0. The number of rotatable bonds is 5. The van der Waals surface area contributed by atoms with Crippen LogP contribution < -0.4 is 4.74 Å². The lowest BCUT2D eigenvalue weighted by molar-refractivity contribution is -0.134. The van der Waals surface area contributed by atoms with E-state index in [2.05, 4.69) is 0 Å². The van der Waals surface area contributed by atoms with Crippen LogP contribution in [0.4, 0.5) is 0 Å². The van der Waals surface area contributed by atoms with Crippen molar-refractivity contribution < 1.29 is 17.9 Å². The first-order valence-corrected chi connectivity index (χ1v) is 8.60. The number of carbonyl (C=O) groups is 1. The van der Waals surface area contributed by atoms with Crippen LogP contribution in [-0.4, -0.2) is 32.3 Å². The lowest BCUT2D eigenvalue weighted by Crippen LogP contribution is -2.34. The van der Waals surface area contributed by atoms with Gasteiger partial charge in [-0.15, -0.1) is 0 Å². The highest BCUT2D eigenvalue weighted by Gasteiger charge is 2.23. The molecule has 0 heterocycles. The largest absolute Gasteiger partial charge is 0.426 e. The van der Waals surface area contributed by atoms with Gasteiger partial charge in [0.2, 0.25) is 10.0 Å². The van der Waals surface area contributed by atoms with E-state index < -0.39 is 16.0 Å². The van der Waals surface area contributed by atoms with Crippen molar-refractivity contribution in [2.45, 2.75) is 11.8 Å². The van der Waals surface area contributed by atoms with Crippen molar-refractivity contribution in [3.8, 4) is 5.75 Å². The Kier molecular flexibility index (Phi) is 5.41. The molecule has 2 rings (SSSR count). The molecule has 0 N–H and O–H groups in total. The van der Waals surface area contributed by atoms with Crippen LogP contribution in [0.25, 0.3) is 0 Å². The zero-order valence-corrected chi connectivity index (χ0v) is 14.3. The Balaban J connectivity index is 2.06. The maximum Gasteiger partial charge on any atom is 0.326 e. The summed E-state index contributed by atoms with van der Waals surface area (Å²) in [6.45, 7) is 1.48. The van der Waals surface area contributed by atoms with Gasteiger partial charge in [0.25, 0.3) is 0 Å². The van der Waals surface area contributed by atoms with Gasteiger partial charge >= 0.3 is 5.97 Å². The van der Waals surface area contributed by atoms with Crippen molar-refractivity contribution in [3.05, 3.63) is 59.1 Å². The van der Waals surface area contributed by atoms with E-state index in [9.17, 15) is 13.2 Å². The number of nitrogens with zero attached hydrogens (tertiary/aromatic N) is 1. The molecule has 0 atom stereocenters. The summed E-state index contributed by atoms with van der Waals surface area (Å²) in [5.74, 6) is -0.275. The highest BCUT2D eigenvalue weighted by molar-refractivity contribution is 7.89. The number of carbonyl (C=O) groups excluding carboxylic acids is 1. The Hall–Kier alpha value is -1.89. The lowest BCUT2D eigenvalue weighted by Gasteiger charge is -2.16. The van der Waals surface area contributed by atoms with E-state index in [1.807, 2.05) is 13.0 Å². The Morgan fingerprint density at radius 2 is 1.83 bits per heavy atom. The first kappa shape index (κ1) is 17.5. The average Bonchev–Trinajstić information content (AvgIpc) is 2.47. The van der Waals surface area contributed by atoms with Gasteiger partial charge in [-0.25, -0.2) is 8.42 Å². The maximum atomic E-state index is 12.4. The SMILES string of the molecule is Cc1cccc(OC(=O)CN(C)S(=O)(=O)c2ccc(Cl)cc2)c1. The summed E-state index contributed by atoms with van der Waals surface area (Å²) in [5, 5.41) is 0.436. The van der Waals surface area contributed by atoms with Crippen LogP contribution in [0, 0.1) is 6.92 Å². The molecule has 0 unspecified atom stereocenters. The van der Waals surface area contributed by atoms with E-state index in [1.165, 1.54) is 31.3 Å². The second-order valence-electron chi connectivity index (χ2n) is 5.01. The Morgan fingerprint density at radius 3 is 2.43 bits per heavy atom. The zero-order valence-electron chi connectivity index (χ0n) is 12.7. The van der Waals surface area contributed by atoms with Crippen LogP contribution in [0.15, 0.2) is 53.4 Å². The first-order valence-electron chi connectivity index (χ1n) is 6.78. The van der Waals surface area contributed by atoms with Gasteiger partial charge in [-0.2, -0.15) is 4.31 Å². The smallest absolute Gasteiger partial charge is 0.326 e. The number of ether oxygens (including phenoxy) is 1. The van der Waals surface area contributed by atoms with Crippen molar-refractivity contribution in [1.29, 1.82) is 0 Å². The number of benzene rings is 2. The van der Waals surface area contributed by atoms with E-state index in [-0.39, 0.29) is 11.4 Å². The number of aryl methyl sites for hydroxylation is 1. The third-order valence-corrected chi connectivity index (χ3v) is 5.16. The van der Waals surface area contributed by atoms with Crippen LogP contribution in [0.1, 0.15) is 5.56 Å². The minimum atomic E-state index is -3.78. The number of hydrogen-bond acceptors (Lipinski definition) is 4. The van der Waals surface area contributed by atoms with Gasteiger partial charge in [0.15, 0.2) is 0 Å². The van der Waals surface area contributed by atoms with Crippen LogP contribution in [0.3, 0.4) is 0 Å². The Labute approximate surface area is 140 Å². The maximum absolute atomic E-state index is 12.4. The second kappa shape index (κ2) is 7.12. The molecule has 0 radical (unpaired) electrons. The molecule has 0 aromatic heterocycles. The summed E-state index contributed by atoms with van der Waals surface area (Å²) in [7, 11) is -2.46. The third kappa shape index (κ3) is 4.54. The number of hydrogen-bond donors (Lipinski definition) is 0. The molecule has 2 aromatic rings. The molecular formula is C16H16ClNO4S. The summed E-state index contributed by atoms with van der Waals surface area (Å²) in [4.78, 5) is 12.0. The predicted molar refractivity (Wildman–Crippen MR) is 88.1 cm³/mol. The monoisotopic (exact) mass is 353 g/mol. The topological polar surface area (TPSA) is 63.7 Å². The number of likely N-dealkylation sites (N-methyl/N-ethyl adjacent to an activating group) is 1. The molecule has 7 heteroatoms. The molecule has 122 valence electrons. The number of halogens is 1. The molecule has 0 fully saturated rings. The molecule has 0 saturated carbocycles.